The minimum Gasteiger partial charge on any atom is -0.756 e. The number of rotatable bonds is 9. The van der Waals surface area contributed by atoms with E-state index in [4.69, 9.17) is 20.3 Å². The van der Waals surface area contributed by atoms with Crippen molar-refractivity contribution in [2.75, 3.05) is 18.9 Å². The number of hydrogen-bond donors (Lipinski definition) is 7. The number of aliphatic hydroxyl groups excluding tert-OH is 6. The molecule has 0 aromatic carbocycles. The maximum absolute atomic E-state index is 12.0. The van der Waals surface area contributed by atoms with E-state index in [2.05, 4.69) is 18.3 Å². The van der Waals surface area contributed by atoms with Crippen molar-refractivity contribution in [3.63, 3.8) is 0 Å². The SMILES string of the molecule is Nc1ccn([C@@H]2O[C@H](COP(=O)([O-])OP(=O)([O-])OC3O[C@H](CO)[C@@H](O)[C@H](O)[C@H]3O)[C@@H](O)[C@H]2O)c(=O)n1. The number of ether oxygens (including phenoxy) is 2. The largest absolute Gasteiger partial charge is 0.756 e. The number of nitrogen functional groups attached to an aromatic ring is 1. The van der Waals surface area contributed by atoms with Crippen LogP contribution in [0.4, 0.5) is 5.82 Å². The van der Waals surface area contributed by atoms with Gasteiger partial charge in [0, 0.05) is 6.20 Å². The van der Waals surface area contributed by atoms with Crippen molar-refractivity contribution in [3.8, 4) is 0 Å². The lowest BCUT2D eigenvalue weighted by atomic mass is 10.00. The second-order valence-corrected chi connectivity index (χ2v) is 10.6. The van der Waals surface area contributed by atoms with Gasteiger partial charge < -0.3 is 60.2 Å². The molecule has 11 atom stereocenters. The summed E-state index contributed by atoms with van der Waals surface area (Å²) in [5.74, 6) is -0.137. The summed E-state index contributed by atoms with van der Waals surface area (Å²) >= 11 is 0. The highest BCUT2D eigenvalue weighted by atomic mass is 31.3. The van der Waals surface area contributed by atoms with Crippen LogP contribution in [-0.2, 0) is 32.0 Å². The molecule has 36 heavy (non-hydrogen) atoms. The third-order valence-electron chi connectivity index (χ3n) is 5.14. The van der Waals surface area contributed by atoms with Crippen molar-refractivity contribution >= 4 is 21.5 Å². The fourth-order valence-corrected chi connectivity index (χ4v) is 5.41. The zero-order chi connectivity index (χ0) is 27.0. The molecule has 2 fully saturated rings. The van der Waals surface area contributed by atoms with E-state index in [-0.39, 0.29) is 5.82 Å². The van der Waals surface area contributed by atoms with Crippen LogP contribution in [-0.4, -0.2) is 102 Å². The van der Waals surface area contributed by atoms with Crippen LogP contribution < -0.4 is 21.2 Å². The summed E-state index contributed by atoms with van der Waals surface area (Å²) < 4.78 is 47.3. The maximum Gasteiger partial charge on any atom is 0.351 e. The Hall–Kier alpha value is -1.38. The number of aromatic nitrogens is 2. The monoisotopic (exact) mass is 563 g/mol. The van der Waals surface area contributed by atoms with Gasteiger partial charge in [-0.25, -0.2) is 9.11 Å². The van der Waals surface area contributed by atoms with Gasteiger partial charge in [0.25, 0.3) is 15.6 Å². The Morgan fingerprint density at radius 3 is 2.25 bits per heavy atom. The van der Waals surface area contributed by atoms with Gasteiger partial charge in [-0.2, -0.15) is 4.98 Å². The van der Waals surface area contributed by atoms with Gasteiger partial charge in [-0.15, -0.1) is 0 Å². The Kier molecular flexibility index (Phi) is 9.05. The molecule has 19 nitrogen and oxygen atoms in total. The van der Waals surface area contributed by atoms with Gasteiger partial charge in [-0.05, 0) is 6.07 Å². The zero-order valence-corrected chi connectivity index (χ0v) is 19.7. The van der Waals surface area contributed by atoms with Gasteiger partial charge in [-0.1, -0.05) is 0 Å². The summed E-state index contributed by atoms with van der Waals surface area (Å²) in [6.45, 7) is -2.01. The van der Waals surface area contributed by atoms with Crippen LogP contribution in [0.2, 0.25) is 0 Å². The van der Waals surface area contributed by atoms with Gasteiger partial charge in [-0.3, -0.25) is 18.2 Å². The second kappa shape index (κ2) is 11.2. The molecular weight excluding hydrogens is 540 g/mol. The van der Waals surface area contributed by atoms with Crippen LogP contribution in [0.3, 0.4) is 0 Å². The normalized spacial score (nSPS) is 38.4. The fraction of sp³-hybridized carbons (Fsp3) is 0.733. The van der Waals surface area contributed by atoms with Crippen molar-refractivity contribution < 1.29 is 72.4 Å². The first-order valence-corrected chi connectivity index (χ1v) is 12.9. The zero-order valence-electron chi connectivity index (χ0n) is 17.9. The van der Waals surface area contributed by atoms with Crippen LogP contribution in [0.5, 0.6) is 0 Å². The van der Waals surface area contributed by atoms with E-state index in [0.717, 1.165) is 10.8 Å². The molecule has 3 rings (SSSR count). The van der Waals surface area contributed by atoms with E-state index in [0.29, 0.717) is 0 Å². The molecule has 2 saturated heterocycles. The minimum absolute atomic E-state index is 0.137. The molecule has 2 aliphatic heterocycles. The smallest absolute Gasteiger partial charge is 0.351 e. The molecule has 0 bridgehead atoms. The number of hydrogen-bond acceptors (Lipinski definition) is 18. The van der Waals surface area contributed by atoms with Gasteiger partial charge in [0.15, 0.2) is 12.5 Å². The van der Waals surface area contributed by atoms with Crippen molar-refractivity contribution in [2.24, 2.45) is 0 Å². The van der Waals surface area contributed by atoms with Crippen LogP contribution in [0, 0.1) is 0 Å². The molecule has 1 aromatic rings. The van der Waals surface area contributed by atoms with E-state index in [1.807, 2.05) is 0 Å². The highest BCUT2D eigenvalue weighted by Gasteiger charge is 2.47. The Bertz CT molecular complexity index is 1070. The number of phosphoric acid groups is 2. The van der Waals surface area contributed by atoms with Crippen LogP contribution in [0.15, 0.2) is 17.1 Å². The lowest BCUT2D eigenvalue weighted by Crippen LogP contribution is -2.59. The highest BCUT2D eigenvalue weighted by molar-refractivity contribution is 7.59. The Balaban J connectivity index is 1.61. The number of phosphoric ester groups is 2. The molecule has 206 valence electrons. The molecule has 0 aliphatic carbocycles. The maximum atomic E-state index is 12.0. The van der Waals surface area contributed by atoms with Crippen LogP contribution in [0.25, 0.3) is 0 Å². The molecule has 21 heteroatoms. The Morgan fingerprint density at radius 2 is 1.64 bits per heavy atom. The standard InChI is InChI=1S/C15H25N3O16P2/c16-7-1-2-18(15(25)17-7)13-11(23)9(21)6(31-13)4-30-35(26,27)34-36(28,29)33-14-12(24)10(22)8(20)5(3-19)32-14/h1-2,5-6,8-14,19-24H,3-4H2,(H,26,27)(H,28,29)(H2,16,17,25)/p-2/t5-,6-,8-,9-,10+,11-,12-,13-,14?/m1/s1. The van der Waals surface area contributed by atoms with Crippen molar-refractivity contribution in [3.05, 3.63) is 22.7 Å². The summed E-state index contributed by atoms with van der Waals surface area (Å²) in [5.41, 5.74) is 4.41. The predicted molar refractivity (Wildman–Crippen MR) is 106 cm³/mol. The van der Waals surface area contributed by atoms with Gasteiger partial charge in [0.2, 0.25) is 0 Å². The second-order valence-electron chi connectivity index (χ2n) is 7.66. The molecule has 2 aliphatic rings. The van der Waals surface area contributed by atoms with E-state index in [9.17, 15) is 49.2 Å². The Morgan fingerprint density at radius 1 is 1.00 bits per heavy atom. The number of nitrogens with two attached hydrogens (primary N) is 1. The number of anilines is 1. The molecule has 3 unspecified atom stereocenters. The number of nitrogens with zero attached hydrogens (tertiary/aromatic N) is 2. The van der Waals surface area contributed by atoms with Crippen LogP contribution in [0.1, 0.15) is 6.23 Å². The minimum atomic E-state index is -5.89. The van der Waals surface area contributed by atoms with Gasteiger partial charge >= 0.3 is 5.69 Å². The highest BCUT2D eigenvalue weighted by Crippen LogP contribution is 2.57. The molecule has 3 heterocycles. The molecule has 8 N–H and O–H groups in total. The van der Waals surface area contributed by atoms with Crippen LogP contribution >= 0.6 is 15.6 Å². The van der Waals surface area contributed by atoms with E-state index in [1.54, 1.807) is 0 Å². The molecule has 0 saturated carbocycles. The molecule has 1 aromatic heterocycles. The molecule has 0 amide bonds. The molecule has 0 spiro atoms. The summed E-state index contributed by atoms with van der Waals surface area (Å²) in [5, 5.41) is 58.5. The lowest BCUT2D eigenvalue weighted by Gasteiger charge is -2.41. The van der Waals surface area contributed by atoms with Crippen molar-refractivity contribution in [1.29, 1.82) is 0 Å². The first-order chi connectivity index (χ1) is 16.7. The summed E-state index contributed by atoms with van der Waals surface area (Å²) in [6, 6.07) is 1.19. The summed E-state index contributed by atoms with van der Waals surface area (Å²) in [4.78, 5) is 39.4. The first-order valence-electron chi connectivity index (χ1n) is 9.99. The predicted octanol–water partition coefficient (Wildman–Crippen LogP) is -5.77. The quantitative estimate of drug-likeness (QED) is 0.138. The first kappa shape index (κ1) is 29.2. The summed E-state index contributed by atoms with van der Waals surface area (Å²) in [6.07, 6.45) is -15.5. The van der Waals surface area contributed by atoms with Crippen molar-refractivity contribution in [1.82, 2.24) is 9.55 Å². The number of aliphatic hydroxyl groups is 6. The third-order valence-corrected chi connectivity index (χ3v) is 7.67. The van der Waals surface area contributed by atoms with Crippen molar-refractivity contribution in [2.45, 2.75) is 55.2 Å². The lowest BCUT2D eigenvalue weighted by molar-refractivity contribution is -0.305. The van der Waals surface area contributed by atoms with E-state index in [1.165, 1.54) is 6.07 Å². The fourth-order valence-electron chi connectivity index (χ4n) is 3.33. The summed E-state index contributed by atoms with van der Waals surface area (Å²) in [7, 11) is -11.7. The third kappa shape index (κ3) is 6.54. The topological polar surface area (TPSA) is 309 Å². The van der Waals surface area contributed by atoms with E-state index < -0.39 is 89.8 Å². The van der Waals surface area contributed by atoms with E-state index >= 15 is 0 Å². The average Bonchev–Trinajstić information content (AvgIpc) is 3.06. The average molecular weight is 563 g/mol. The molecule has 0 radical (unpaired) electrons. The van der Waals surface area contributed by atoms with Gasteiger partial charge in [0.05, 0.1) is 13.2 Å². The molecular formula is C15H23N3O16P2-2. The Labute approximate surface area is 201 Å². The van der Waals surface area contributed by atoms with Gasteiger partial charge in [0.1, 0.15) is 48.5 Å².